The molecule has 4 N–H and O–H groups in total. The van der Waals surface area contributed by atoms with Crippen molar-refractivity contribution in [2.24, 2.45) is 11.3 Å². The number of rotatable bonds is 16. The number of aliphatic hydroxyl groups is 2. The molecular formula is C33H45N3O11S. The fourth-order valence-corrected chi connectivity index (χ4v) is 7.86. The molecule has 0 aliphatic carbocycles. The third kappa shape index (κ3) is 9.15. The van der Waals surface area contributed by atoms with Crippen LogP contribution in [-0.2, 0) is 35.4 Å². The first-order valence-corrected chi connectivity index (χ1v) is 17.6. The molecule has 5 atom stereocenters. The number of hydrogen-bond acceptors (Lipinski definition) is 11. The first-order valence-electron chi connectivity index (χ1n) is 16.1. The Labute approximate surface area is 280 Å². The summed E-state index contributed by atoms with van der Waals surface area (Å²) < 4.78 is 57.3. The topological polar surface area (TPSA) is 182 Å². The smallest absolute Gasteiger partial charge is 0.407 e. The second kappa shape index (κ2) is 15.8. The molecule has 0 spiro atoms. The summed E-state index contributed by atoms with van der Waals surface area (Å²) in [5, 5.41) is 26.1. The standard InChI is InChI=1S/C33H45N3O11S/c1-33(2,12-6-13-34-30(39)18-37)20-36(48(41,42)23-9-10-27-28(16-23)46-21-45-27)17-26(38)25(15-22-7-4-3-5-8-22)35-32(40)47-29-19-44-31-24(29)11-14-43-31/h3-5,7-10,16,24-26,29,31,37-38H,6,11-15,17-21H2,1-2H3,(H,34,39)(H,35,40)/t24-,25-,26+,29?,31+/m0/s1. The van der Waals surface area contributed by atoms with Crippen molar-refractivity contribution in [3.8, 4) is 11.5 Å². The first-order chi connectivity index (χ1) is 22.9. The molecule has 0 aromatic heterocycles. The number of benzene rings is 2. The molecule has 0 radical (unpaired) electrons. The molecule has 3 aliphatic rings. The van der Waals surface area contributed by atoms with E-state index in [0.717, 1.165) is 5.56 Å². The van der Waals surface area contributed by atoms with Gasteiger partial charge in [0.15, 0.2) is 17.8 Å². The van der Waals surface area contributed by atoms with Crippen molar-refractivity contribution in [3.63, 3.8) is 0 Å². The fourth-order valence-electron chi connectivity index (χ4n) is 6.20. The number of alkyl carbamates (subject to hydrolysis) is 1. The normalized spacial score (nSPS) is 21.5. The molecule has 2 saturated heterocycles. The molecule has 1 unspecified atom stereocenters. The second-order valence-corrected chi connectivity index (χ2v) is 15.0. The number of fused-ring (bicyclic) bond motifs is 2. The molecule has 2 fully saturated rings. The predicted octanol–water partition coefficient (Wildman–Crippen LogP) is 1.78. The first kappa shape index (κ1) is 35.8. The van der Waals surface area contributed by atoms with Gasteiger partial charge in [0.1, 0.15) is 12.7 Å². The van der Waals surface area contributed by atoms with E-state index in [1.54, 1.807) is 0 Å². The highest BCUT2D eigenvalue weighted by molar-refractivity contribution is 7.89. The van der Waals surface area contributed by atoms with Gasteiger partial charge in [0.25, 0.3) is 0 Å². The van der Waals surface area contributed by atoms with Gasteiger partial charge in [0.05, 0.1) is 36.2 Å². The van der Waals surface area contributed by atoms with Crippen molar-refractivity contribution < 1.29 is 51.9 Å². The van der Waals surface area contributed by atoms with Crippen LogP contribution in [0.5, 0.6) is 11.5 Å². The number of aliphatic hydroxyl groups excluding tert-OH is 2. The van der Waals surface area contributed by atoms with E-state index >= 15 is 0 Å². The summed E-state index contributed by atoms with van der Waals surface area (Å²) >= 11 is 0. The summed E-state index contributed by atoms with van der Waals surface area (Å²) in [6, 6.07) is 12.7. The maximum absolute atomic E-state index is 14.2. The molecule has 0 bridgehead atoms. The molecule has 264 valence electrons. The Hall–Kier alpha value is -3.47. The zero-order valence-corrected chi connectivity index (χ0v) is 28.0. The van der Waals surface area contributed by atoms with Gasteiger partial charge in [-0.3, -0.25) is 4.79 Å². The van der Waals surface area contributed by atoms with Crippen LogP contribution in [0.1, 0.15) is 38.7 Å². The van der Waals surface area contributed by atoms with Gasteiger partial charge in [-0.25, -0.2) is 13.2 Å². The maximum atomic E-state index is 14.2. The molecule has 48 heavy (non-hydrogen) atoms. The Balaban J connectivity index is 1.35. The largest absolute Gasteiger partial charge is 0.454 e. The molecule has 5 rings (SSSR count). The van der Waals surface area contributed by atoms with E-state index in [-0.39, 0.29) is 43.7 Å². The third-order valence-corrected chi connectivity index (χ3v) is 10.6. The van der Waals surface area contributed by atoms with Crippen molar-refractivity contribution in [2.45, 2.75) is 69.0 Å². The van der Waals surface area contributed by atoms with E-state index in [2.05, 4.69) is 10.6 Å². The molecule has 3 aliphatic heterocycles. The minimum atomic E-state index is -4.20. The van der Waals surface area contributed by atoms with Gasteiger partial charge in [-0.1, -0.05) is 44.2 Å². The van der Waals surface area contributed by atoms with Crippen LogP contribution in [0, 0.1) is 11.3 Å². The van der Waals surface area contributed by atoms with Crippen LogP contribution in [0.4, 0.5) is 4.79 Å². The summed E-state index contributed by atoms with van der Waals surface area (Å²) in [6.07, 6.45) is -1.03. The number of nitrogens with one attached hydrogen (secondary N) is 2. The minimum Gasteiger partial charge on any atom is -0.454 e. The Kier molecular flexibility index (Phi) is 11.8. The number of ether oxygens (including phenoxy) is 5. The van der Waals surface area contributed by atoms with Crippen molar-refractivity contribution in [1.82, 2.24) is 14.9 Å². The fraction of sp³-hybridized carbons (Fsp3) is 0.576. The van der Waals surface area contributed by atoms with Crippen molar-refractivity contribution in [1.29, 1.82) is 0 Å². The van der Waals surface area contributed by atoms with Crippen LogP contribution in [0.25, 0.3) is 0 Å². The Morgan fingerprint density at radius 1 is 1.10 bits per heavy atom. The van der Waals surface area contributed by atoms with Crippen molar-refractivity contribution in [3.05, 3.63) is 54.1 Å². The van der Waals surface area contributed by atoms with Crippen LogP contribution in [0.15, 0.2) is 53.4 Å². The van der Waals surface area contributed by atoms with Crippen LogP contribution < -0.4 is 20.1 Å². The maximum Gasteiger partial charge on any atom is 0.407 e. The van der Waals surface area contributed by atoms with Gasteiger partial charge in [-0.2, -0.15) is 4.31 Å². The number of carbonyl (C=O) groups excluding carboxylic acids is 2. The Bertz CT molecular complexity index is 1510. The van der Waals surface area contributed by atoms with Gasteiger partial charge in [0.2, 0.25) is 22.7 Å². The van der Waals surface area contributed by atoms with E-state index in [1.807, 2.05) is 44.2 Å². The molecule has 3 heterocycles. The predicted molar refractivity (Wildman–Crippen MR) is 172 cm³/mol. The molecular weight excluding hydrogens is 646 g/mol. The molecule has 2 amide bonds. The molecule has 0 saturated carbocycles. The van der Waals surface area contributed by atoms with Crippen LogP contribution in [-0.4, -0.2) is 106 Å². The Morgan fingerprint density at radius 3 is 2.65 bits per heavy atom. The quantitative estimate of drug-likeness (QED) is 0.188. The highest BCUT2D eigenvalue weighted by atomic mass is 32.2. The van der Waals surface area contributed by atoms with E-state index in [0.29, 0.717) is 43.9 Å². The van der Waals surface area contributed by atoms with Crippen LogP contribution >= 0.6 is 0 Å². The lowest BCUT2D eigenvalue weighted by atomic mass is 9.87. The summed E-state index contributed by atoms with van der Waals surface area (Å²) in [5.41, 5.74) is 0.224. The number of hydrogen-bond donors (Lipinski definition) is 4. The summed E-state index contributed by atoms with van der Waals surface area (Å²) in [4.78, 5) is 24.6. The van der Waals surface area contributed by atoms with Crippen molar-refractivity contribution in [2.75, 3.05) is 46.2 Å². The average Bonchev–Trinajstić information content (AvgIpc) is 3.81. The summed E-state index contributed by atoms with van der Waals surface area (Å²) in [5.74, 6) is 0.164. The van der Waals surface area contributed by atoms with E-state index < -0.39 is 58.6 Å². The number of carbonyl (C=O) groups is 2. The van der Waals surface area contributed by atoms with Crippen molar-refractivity contribution >= 4 is 22.0 Å². The lowest BCUT2D eigenvalue weighted by Gasteiger charge is -2.35. The lowest BCUT2D eigenvalue weighted by molar-refractivity contribution is -0.123. The molecule has 2 aromatic rings. The zero-order chi connectivity index (χ0) is 34.3. The molecule has 15 heteroatoms. The van der Waals surface area contributed by atoms with Gasteiger partial charge in [-0.15, -0.1) is 0 Å². The lowest BCUT2D eigenvalue weighted by Crippen LogP contribution is -2.52. The molecule has 14 nitrogen and oxygen atoms in total. The van der Waals surface area contributed by atoms with Gasteiger partial charge < -0.3 is 44.5 Å². The number of amides is 2. The molecule has 2 aromatic carbocycles. The summed E-state index contributed by atoms with van der Waals surface area (Å²) in [6.45, 7) is 3.87. The zero-order valence-electron chi connectivity index (χ0n) is 27.2. The SMILES string of the molecule is CC(C)(CCCNC(=O)CO)CN(C[C@@H](O)[C@H](Cc1ccccc1)NC(=O)OC1CO[C@H]2OCC[C@@H]12)S(=O)(=O)c1ccc2c(c1)OCO2. The highest BCUT2D eigenvalue weighted by Crippen LogP contribution is 2.36. The summed E-state index contributed by atoms with van der Waals surface area (Å²) in [7, 11) is -4.20. The highest BCUT2D eigenvalue weighted by Gasteiger charge is 2.44. The van der Waals surface area contributed by atoms with E-state index in [4.69, 9.17) is 28.8 Å². The number of nitrogens with zero attached hydrogens (tertiary/aromatic N) is 1. The minimum absolute atomic E-state index is 0.0137. The average molecular weight is 692 g/mol. The van der Waals surface area contributed by atoms with Crippen LogP contribution in [0.3, 0.4) is 0 Å². The van der Waals surface area contributed by atoms with Gasteiger partial charge in [-0.05, 0) is 48.8 Å². The van der Waals surface area contributed by atoms with Gasteiger partial charge in [0, 0.05) is 25.7 Å². The Morgan fingerprint density at radius 2 is 1.88 bits per heavy atom. The second-order valence-electron chi connectivity index (χ2n) is 13.1. The monoisotopic (exact) mass is 691 g/mol. The van der Waals surface area contributed by atoms with E-state index in [9.17, 15) is 23.1 Å². The van der Waals surface area contributed by atoms with Crippen LogP contribution in [0.2, 0.25) is 0 Å². The third-order valence-electron chi connectivity index (χ3n) is 8.78. The van der Waals surface area contributed by atoms with Gasteiger partial charge >= 0.3 is 6.09 Å². The van der Waals surface area contributed by atoms with E-state index in [1.165, 1.54) is 22.5 Å². The number of sulfonamides is 1.